The van der Waals surface area contributed by atoms with Crippen LogP contribution in [0.15, 0.2) is 48.5 Å². The predicted molar refractivity (Wildman–Crippen MR) is 156 cm³/mol. The van der Waals surface area contributed by atoms with Crippen LogP contribution in [0.5, 0.6) is 11.5 Å². The summed E-state index contributed by atoms with van der Waals surface area (Å²) in [5.74, 6) is 2.45. The fraction of sp³-hybridized carbons (Fsp3) is 0.618. The van der Waals surface area contributed by atoms with E-state index in [0.717, 1.165) is 48.8 Å². The first-order valence-electron chi connectivity index (χ1n) is 15.4. The van der Waals surface area contributed by atoms with Gasteiger partial charge in [-0.2, -0.15) is 0 Å². The first-order valence-corrected chi connectivity index (χ1v) is 15.4. The highest BCUT2D eigenvalue weighted by molar-refractivity contribution is 5.89. The second-order valence-electron chi connectivity index (χ2n) is 10.9. The maximum absolute atomic E-state index is 12.3. The fourth-order valence-electron chi connectivity index (χ4n) is 4.68. The van der Waals surface area contributed by atoms with Crippen LogP contribution in [0.2, 0.25) is 0 Å². The van der Waals surface area contributed by atoms with Crippen LogP contribution in [-0.4, -0.2) is 19.2 Å². The minimum Gasteiger partial charge on any atom is -0.494 e. The molecule has 0 atom stereocenters. The molecule has 2 aromatic rings. The van der Waals surface area contributed by atoms with Crippen molar-refractivity contribution in [2.45, 2.75) is 116 Å². The van der Waals surface area contributed by atoms with E-state index in [9.17, 15) is 4.79 Å². The molecule has 0 saturated heterocycles. The number of esters is 1. The van der Waals surface area contributed by atoms with Gasteiger partial charge in [0.1, 0.15) is 18.1 Å². The number of benzene rings is 2. The molecule has 1 fully saturated rings. The SMILES string of the molecule is CCCCCCCCOc1ccc(COc2ccc(C(=O)OCCCCCCCCCC3CC3)cc2)cc1. The number of carbonyl (C=O) groups excluding carboxylic acids is 1. The molecule has 0 unspecified atom stereocenters. The van der Waals surface area contributed by atoms with E-state index in [1.54, 1.807) is 12.1 Å². The van der Waals surface area contributed by atoms with Crippen LogP contribution in [0.25, 0.3) is 0 Å². The molecule has 0 aromatic heterocycles. The average Bonchev–Trinajstić information content (AvgIpc) is 3.78. The van der Waals surface area contributed by atoms with Crippen molar-refractivity contribution in [1.29, 1.82) is 0 Å². The number of unbranched alkanes of at least 4 members (excludes halogenated alkanes) is 11. The highest BCUT2D eigenvalue weighted by Gasteiger charge is 2.19. The van der Waals surface area contributed by atoms with Crippen molar-refractivity contribution in [3.63, 3.8) is 0 Å². The summed E-state index contributed by atoms with van der Waals surface area (Å²) < 4.78 is 17.2. The third-order valence-corrected chi connectivity index (χ3v) is 7.37. The first-order chi connectivity index (χ1) is 18.7. The van der Waals surface area contributed by atoms with Crippen LogP contribution in [-0.2, 0) is 11.3 Å². The van der Waals surface area contributed by atoms with E-state index in [4.69, 9.17) is 14.2 Å². The van der Waals surface area contributed by atoms with E-state index in [2.05, 4.69) is 6.92 Å². The van der Waals surface area contributed by atoms with Crippen LogP contribution in [0.3, 0.4) is 0 Å². The second kappa shape index (κ2) is 18.7. The molecular weight excluding hydrogens is 472 g/mol. The Morgan fingerprint density at radius 1 is 0.658 bits per heavy atom. The number of hydrogen-bond donors (Lipinski definition) is 0. The van der Waals surface area contributed by atoms with Crippen molar-refractivity contribution in [3.05, 3.63) is 59.7 Å². The van der Waals surface area contributed by atoms with Gasteiger partial charge in [0, 0.05) is 0 Å². The molecule has 1 aliphatic rings. The van der Waals surface area contributed by atoms with E-state index in [-0.39, 0.29) is 5.97 Å². The van der Waals surface area contributed by atoms with Crippen molar-refractivity contribution in [2.75, 3.05) is 13.2 Å². The molecule has 0 N–H and O–H groups in total. The quantitative estimate of drug-likeness (QED) is 0.114. The second-order valence-corrected chi connectivity index (χ2v) is 10.9. The van der Waals surface area contributed by atoms with E-state index in [1.165, 1.54) is 83.5 Å². The van der Waals surface area contributed by atoms with Gasteiger partial charge in [-0.25, -0.2) is 4.79 Å². The minimum atomic E-state index is -0.256. The monoisotopic (exact) mass is 522 g/mol. The Balaban J connectivity index is 1.21. The molecule has 38 heavy (non-hydrogen) atoms. The Kier molecular flexibility index (Phi) is 14.8. The molecule has 0 aliphatic heterocycles. The van der Waals surface area contributed by atoms with Gasteiger partial charge in [0.05, 0.1) is 18.8 Å². The lowest BCUT2D eigenvalue weighted by atomic mass is 10.1. The van der Waals surface area contributed by atoms with Crippen LogP contribution in [0, 0.1) is 5.92 Å². The Hall–Kier alpha value is -2.49. The summed E-state index contributed by atoms with van der Waals surface area (Å²) in [6.45, 7) is 3.99. The van der Waals surface area contributed by atoms with Gasteiger partial charge in [-0.3, -0.25) is 0 Å². The molecule has 1 saturated carbocycles. The standard InChI is InChI=1S/C34H50O4/c1-2-3-4-5-10-13-26-36-32-22-18-30(19-23-32)28-38-33-24-20-31(21-25-33)34(35)37-27-14-11-8-6-7-9-12-15-29-16-17-29/h18-25,29H,2-17,26-28H2,1H3. The Bertz CT molecular complexity index is 870. The largest absolute Gasteiger partial charge is 0.494 e. The molecule has 0 radical (unpaired) electrons. The summed E-state index contributed by atoms with van der Waals surface area (Å²) in [5, 5.41) is 0. The van der Waals surface area contributed by atoms with Gasteiger partial charge in [0.15, 0.2) is 0 Å². The molecule has 0 amide bonds. The zero-order valence-corrected chi connectivity index (χ0v) is 23.8. The van der Waals surface area contributed by atoms with E-state index < -0.39 is 0 Å². The Morgan fingerprint density at radius 3 is 1.87 bits per heavy atom. The van der Waals surface area contributed by atoms with Gasteiger partial charge >= 0.3 is 5.97 Å². The normalized spacial score (nSPS) is 12.9. The molecule has 0 spiro atoms. The zero-order chi connectivity index (χ0) is 26.7. The Labute approximate surface area is 231 Å². The molecule has 0 heterocycles. The summed E-state index contributed by atoms with van der Waals surface area (Å²) in [5.41, 5.74) is 1.65. The van der Waals surface area contributed by atoms with E-state index >= 15 is 0 Å². The third-order valence-electron chi connectivity index (χ3n) is 7.37. The van der Waals surface area contributed by atoms with E-state index in [1.807, 2.05) is 36.4 Å². The van der Waals surface area contributed by atoms with Gasteiger partial charge < -0.3 is 14.2 Å². The van der Waals surface area contributed by atoms with Crippen molar-refractivity contribution in [2.24, 2.45) is 5.92 Å². The summed E-state index contributed by atoms with van der Waals surface area (Å²) in [6, 6.07) is 15.3. The van der Waals surface area contributed by atoms with Gasteiger partial charge in [0.25, 0.3) is 0 Å². The van der Waals surface area contributed by atoms with Crippen LogP contribution in [0.4, 0.5) is 0 Å². The minimum absolute atomic E-state index is 0.256. The Morgan fingerprint density at radius 2 is 1.21 bits per heavy atom. The fourth-order valence-corrected chi connectivity index (χ4v) is 4.68. The van der Waals surface area contributed by atoms with Gasteiger partial charge in [-0.15, -0.1) is 0 Å². The van der Waals surface area contributed by atoms with Gasteiger partial charge in [0.2, 0.25) is 0 Å². The molecule has 1 aliphatic carbocycles. The van der Waals surface area contributed by atoms with E-state index in [0.29, 0.717) is 18.8 Å². The summed E-state index contributed by atoms with van der Waals surface area (Å²) in [7, 11) is 0. The van der Waals surface area contributed by atoms with Crippen molar-refractivity contribution >= 4 is 5.97 Å². The van der Waals surface area contributed by atoms with Crippen LogP contribution < -0.4 is 9.47 Å². The van der Waals surface area contributed by atoms with Gasteiger partial charge in [-0.1, -0.05) is 109 Å². The lowest BCUT2D eigenvalue weighted by Crippen LogP contribution is -2.06. The molecule has 0 bridgehead atoms. The van der Waals surface area contributed by atoms with Crippen molar-refractivity contribution in [1.82, 2.24) is 0 Å². The molecule has 210 valence electrons. The highest BCUT2D eigenvalue weighted by atomic mass is 16.5. The summed E-state index contributed by atoms with van der Waals surface area (Å²) >= 11 is 0. The number of carbonyl (C=O) groups is 1. The van der Waals surface area contributed by atoms with Crippen molar-refractivity contribution in [3.8, 4) is 11.5 Å². The molecule has 4 heteroatoms. The maximum Gasteiger partial charge on any atom is 0.338 e. The third kappa shape index (κ3) is 13.3. The van der Waals surface area contributed by atoms with Crippen molar-refractivity contribution < 1.29 is 19.0 Å². The van der Waals surface area contributed by atoms with Gasteiger partial charge in [-0.05, 0) is 60.7 Å². The smallest absolute Gasteiger partial charge is 0.338 e. The summed E-state index contributed by atoms with van der Waals surface area (Å²) in [6.07, 6.45) is 20.8. The topological polar surface area (TPSA) is 44.8 Å². The lowest BCUT2D eigenvalue weighted by molar-refractivity contribution is 0.0497. The molecule has 4 nitrogen and oxygen atoms in total. The number of hydrogen-bond acceptors (Lipinski definition) is 4. The molecule has 3 rings (SSSR count). The maximum atomic E-state index is 12.3. The number of rotatable bonds is 22. The first kappa shape index (κ1) is 30.1. The van der Waals surface area contributed by atoms with Crippen LogP contribution in [0.1, 0.15) is 126 Å². The predicted octanol–water partition coefficient (Wildman–Crippen LogP) is 9.69. The summed E-state index contributed by atoms with van der Waals surface area (Å²) in [4.78, 5) is 12.3. The average molecular weight is 523 g/mol. The molecular formula is C34H50O4. The lowest BCUT2D eigenvalue weighted by Gasteiger charge is -2.09. The number of ether oxygens (including phenoxy) is 3. The van der Waals surface area contributed by atoms with Crippen LogP contribution >= 0.6 is 0 Å². The zero-order valence-electron chi connectivity index (χ0n) is 23.8. The highest BCUT2D eigenvalue weighted by Crippen LogP contribution is 2.34. The molecule has 2 aromatic carbocycles.